The van der Waals surface area contributed by atoms with Crippen LogP contribution >= 0.6 is 0 Å². The minimum Gasteiger partial charge on any atom is -0.482 e. The van der Waals surface area contributed by atoms with Crippen LogP contribution in [0.2, 0.25) is 0 Å². The number of nitrogens with one attached hydrogen (secondary N) is 1. The molecule has 1 rings (SSSR count). The van der Waals surface area contributed by atoms with Crippen molar-refractivity contribution in [2.75, 3.05) is 13.2 Å². The van der Waals surface area contributed by atoms with Crippen LogP contribution < -0.4 is 10.1 Å². The molecule has 5 nitrogen and oxygen atoms in total. The van der Waals surface area contributed by atoms with E-state index in [2.05, 4.69) is 5.32 Å². The first-order valence-corrected chi connectivity index (χ1v) is 7.67. The normalized spacial score (nSPS) is 8.59. The van der Waals surface area contributed by atoms with Gasteiger partial charge >= 0.3 is 5.97 Å². The minimum atomic E-state index is -0.962. The number of benzene rings is 1. The Balaban J connectivity index is 0. The Labute approximate surface area is 133 Å². The summed E-state index contributed by atoms with van der Waals surface area (Å²) in [6, 6.07) is 7.24. The van der Waals surface area contributed by atoms with Gasteiger partial charge < -0.3 is 15.2 Å². The summed E-state index contributed by atoms with van der Waals surface area (Å²) in [7, 11) is 0. The molecule has 0 heterocycles. The summed E-state index contributed by atoms with van der Waals surface area (Å²) >= 11 is 0. The first kappa shape index (κ1) is 22.2. The number of aryl methyl sites for hydroxylation is 1. The first-order valence-electron chi connectivity index (χ1n) is 7.67. The zero-order valence-corrected chi connectivity index (χ0v) is 14.3. The smallest absolute Gasteiger partial charge is 0.341 e. The van der Waals surface area contributed by atoms with Crippen molar-refractivity contribution in [3.8, 4) is 5.75 Å². The zero-order chi connectivity index (χ0) is 17.4. The van der Waals surface area contributed by atoms with Crippen LogP contribution in [0.25, 0.3) is 0 Å². The number of carboxylic acids is 1. The van der Waals surface area contributed by atoms with Gasteiger partial charge in [0.2, 0.25) is 5.91 Å². The summed E-state index contributed by atoms with van der Waals surface area (Å²) in [6.45, 7) is 10.4. The average molecular weight is 311 g/mol. The summed E-state index contributed by atoms with van der Waals surface area (Å²) < 4.78 is 4.92. The molecule has 0 aliphatic carbocycles. The maximum atomic E-state index is 10.5. The van der Waals surface area contributed by atoms with Crippen LogP contribution in [0, 0.1) is 6.92 Å². The molecule has 0 spiro atoms. The molecular formula is C17H29NO4. The number of carboxylic acid groups (broad SMARTS) is 1. The number of rotatable bonds is 6. The molecule has 126 valence electrons. The number of carbonyl (C=O) groups excluding carboxylic acids is 1. The molecule has 0 saturated carbocycles. The van der Waals surface area contributed by atoms with Crippen molar-refractivity contribution in [3.05, 3.63) is 29.8 Å². The van der Waals surface area contributed by atoms with E-state index in [1.807, 2.05) is 46.8 Å². The Morgan fingerprint density at radius 3 is 2.09 bits per heavy atom. The topological polar surface area (TPSA) is 75.6 Å². The van der Waals surface area contributed by atoms with Gasteiger partial charge in [-0.3, -0.25) is 4.79 Å². The molecule has 0 atom stereocenters. The lowest BCUT2D eigenvalue weighted by Gasteiger charge is -2.01. The molecule has 0 aromatic heterocycles. The van der Waals surface area contributed by atoms with Crippen LogP contribution in [0.3, 0.4) is 0 Å². The maximum Gasteiger partial charge on any atom is 0.341 e. The second-order valence-corrected chi connectivity index (χ2v) is 4.20. The molecule has 5 heteroatoms. The first-order chi connectivity index (χ1) is 10.5. The number of ether oxygens (including phenoxy) is 1. The molecule has 22 heavy (non-hydrogen) atoms. The Kier molecular flexibility index (Phi) is 15.5. The summed E-state index contributed by atoms with van der Waals surface area (Å²) in [6.07, 6.45) is 1.62. The summed E-state index contributed by atoms with van der Waals surface area (Å²) in [5, 5.41) is 11.0. The van der Waals surface area contributed by atoms with Crippen LogP contribution in [0.4, 0.5) is 0 Å². The van der Waals surface area contributed by atoms with Crippen LogP contribution in [-0.4, -0.2) is 30.1 Å². The van der Waals surface area contributed by atoms with E-state index in [-0.39, 0.29) is 12.5 Å². The van der Waals surface area contributed by atoms with E-state index in [0.29, 0.717) is 12.2 Å². The molecule has 2 N–H and O–H groups in total. The van der Waals surface area contributed by atoms with E-state index in [1.165, 1.54) is 0 Å². The molecule has 0 fully saturated rings. The maximum absolute atomic E-state index is 10.5. The number of amides is 1. The van der Waals surface area contributed by atoms with Crippen molar-refractivity contribution in [2.24, 2.45) is 0 Å². The van der Waals surface area contributed by atoms with Gasteiger partial charge in [-0.1, -0.05) is 45.4 Å². The van der Waals surface area contributed by atoms with Gasteiger partial charge in [0.05, 0.1) is 0 Å². The monoisotopic (exact) mass is 311 g/mol. The second kappa shape index (κ2) is 15.4. The minimum absolute atomic E-state index is 0.145. The molecule has 0 saturated heterocycles. The van der Waals surface area contributed by atoms with E-state index in [0.717, 1.165) is 18.5 Å². The highest BCUT2D eigenvalue weighted by Crippen LogP contribution is 2.10. The Morgan fingerprint density at radius 1 is 1.14 bits per heavy atom. The zero-order valence-electron chi connectivity index (χ0n) is 14.3. The molecule has 0 aliphatic heterocycles. The SMILES string of the molecule is CC.CCCNC(=O)CC.Cc1ccc(OCC(=O)O)cc1. The molecule has 1 amide bonds. The third-order valence-electron chi connectivity index (χ3n) is 2.28. The van der Waals surface area contributed by atoms with Gasteiger partial charge in [0.15, 0.2) is 6.61 Å². The molecule has 0 aliphatic rings. The van der Waals surface area contributed by atoms with Gasteiger partial charge in [0.25, 0.3) is 0 Å². The van der Waals surface area contributed by atoms with Crippen molar-refractivity contribution in [2.45, 2.75) is 47.5 Å². The van der Waals surface area contributed by atoms with Gasteiger partial charge in [0, 0.05) is 13.0 Å². The second-order valence-electron chi connectivity index (χ2n) is 4.20. The predicted molar refractivity (Wildman–Crippen MR) is 89.2 cm³/mol. The fraction of sp³-hybridized carbons (Fsp3) is 0.529. The quantitative estimate of drug-likeness (QED) is 0.844. The lowest BCUT2D eigenvalue weighted by Crippen LogP contribution is -2.22. The van der Waals surface area contributed by atoms with Gasteiger partial charge in [-0.15, -0.1) is 0 Å². The molecular weight excluding hydrogens is 282 g/mol. The van der Waals surface area contributed by atoms with Gasteiger partial charge in [-0.2, -0.15) is 0 Å². The number of aliphatic carboxylic acids is 1. The van der Waals surface area contributed by atoms with E-state index >= 15 is 0 Å². The van der Waals surface area contributed by atoms with Gasteiger partial charge in [0.1, 0.15) is 5.75 Å². The molecule has 0 radical (unpaired) electrons. The highest BCUT2D eigenvalue weighted by molar-refractivity contribution is 5.75. The van der Waals surface area contributed by atoms with E-state index in [4.69, 9.17) is 9.84 Å². The van der Waals surface area contributed by atoms with E-state index in [9.17, 15) is 9.59 Å². The Bertz CT molecular complexity index is 402. The molecule has 0 bridgehead atoms. The van der Waals surface area contributed by atoms with Crippen molar-refractivity contribution in [1.29, 1.82) is 0 Å². The van der Waals surface area contributed by atoms with Crippen LogP contribution in [0.15, 0.2) is 24.3 Å². The van der Waals surface area contributed by atoms with Gasteiger partial charge in [-0.25, -0.2) is 4.79 Å². The molecule has 1 aromatic carbocycles. The van der Waals surface area contributed by atoms with Crippen LogP contribution in [0.5, 0.6) is 5.75 Å². The third kappa shape index (κ3) is 14.4. The predicted octanol–water partition coefficient (Wildman–Crippen LogP) is 3.41. The Morgan fingerprint density at radius 2 is 1.68 bits per heavy atom. The van der Waals surface area contributed by atoms with Crippen molar-refractivity contribution >= 4 is 11.9 Å². The summed E-state index contributed by atoms with van der Waals surface area (Å²) in [4.78, 5) is 20.6. The van der Waals surface area contributed by atoms with E-state index in [1.54, 1.807) is 12.1 Å². The summed E-state index contributed by atoms with van der Waals surface area (Å²) in [5.41, 5.74) is 1.12. The standard InChI is InChI=1S/C9H10O3.C6H13NO.C2H6/c1-7-2-4-8(5-3-7)12-6-9(10)11;1-3-5-7-6(8)4-2;1-2/h2-5H,6H2,1H3,(H,10,11);3-5H2,1-2H3,(H,7,8);1-2H3. The van der Waals surface area contributed by atoms with Crippen LogP contribution in [-0.2, 0) is 9.59 Å². The average Bonchev–Trinajstić information content (AvgIpc) is 2.54. The highest BCUT2D eigenvalue weighted by atomic mass is 16.5. The summed E-state index contributed by atoms with van der Waals surface area (Å²) in [5.74, 6) is -0.231. The van der Waals surface area contributed by atoms with Gasteiger partial charge in [-0.05, 0) is 25.5 Å². The van der Waals surface area contributed by atoms with E-state index < -0.39 is 5.97 Å². The highest BCUT2D eigenvalue weighted by Gasteiger charge is 1.97. The van der Waals surface area contributed by atoms with Crippen molar-refractivity contribution in [3.63, 3.8) is 0 Å². The molecule has 0 unspecified atom stereocenters. The van der Waals surface area contributed by atoms with Crippen LogP contribution in [0.1, 0.15) is 46.1 Å². The number of hydrogen-bond donors (Lipinski definition) is 2. The van der Waals surface area contributed by atoms with Crippen molar-refractivity contribution in [1.82, 2.24) is 5.32 Å². The third-order valence-corrected chi connectivity index (χ3v) is 2.28. The largest absolute Gasteiger partial charge is 0.482 e. The fourth-order valence-corrected chi connectivity index (χ4v) is 1.17. The Hall–Kier alpha value is -2.04. The lowest BCUT2D eigenvalue weighted by atomic mass is 10.2. The number of carbonyl (C=O) groups is 2. The number of hydrogen-bond acceptors (Lipinski definition) is 3. The van der Waals surface area contributed by atoms with Crippen molar-refractivity contribution < 1.29 is 19.4 Å². The lowest BCUT2D eigenvalue weighted by molar-refractivity contribution is -0.139. The molecule has 1 aromatic rings. The fourth-order valence-electron chi connectivity index (χ4n) is 1.17.